The van der Waals surface area contributed by atoms with E-state index in [1.165, 1.54) is 10.7 Å². The molecule has 0 saturated heterocycles. The van der Waals surface area contributed by atoms with Crippen LogP contribution in [0.4, 0.5) is 0 Å². The Bertz CT molecular complexity index is 1240. The summed E-state index contributed by atoms with van der Waals surface area (Å²) in [5.74, 6) is -0.213. The zero-order valence-corrected chi connectivity index (χ0v) is 17.4. The van der Waals surface area contributed by atoms with Gasteiger partial charge in [-0.2, -0.15) is 10.2 Å². The fourth-order valence-electron chi connectivity index (χ4n) is 3.56. The number of esters is 1. The van der Waals surface area contributed by atoms with Crippen LogP contribution in [0.2, 0.25) is 0 Å². The van der Waals surface area contributed by atoms with Crippen molar-refractivity contribution < 1.29 is 9.53 Å². The molecule has 158 valence electrons. The number of carbonyl (C=O) groups is 1. The van der Waals surface area contributed by atoms with Crippen molar-refractivity contribution >= 4 is 11.5 Å². The van der Waals surface area contributed by atoms with Gasteiger partial charge >= 0.3 is 5.97 Å². The Morgan fingerprint density at radius 2 is 1.77 bits per heavy atom. The molecule has 0 aliphatic rings. The molecule has 0 bridgehead atoms. The first-order valence-electron chi connectivity index (χ1n) is 10.4. The number of benzene rings is 1. The van der Waals surface area contributed by atoms with Crippen LogP contribution in [0.5, 0.6) is 0 Å². The van der Waals surface area contributed by atoms with E-state index >= 15 is 0 Å². The maximum absolute atomic E-state index is 12.4. The minimum atomic E-state index is -0.213. The van der Waals surface area contributed by atoms with Crippen LogP contribution in [0, 0.1) is 0 Å². The molecule has 4 aromatic rings. The van der Waals surface area contributed by atoms with Crippen LogP contribution in [0.25, 0.3) is 28.0 Å². The number of ether oxygens (including phenoxy) is 1. The molecule has 0 spiro atoms. The van der Waals surface area contributed by atoms with Crippen LogP contribution in [0.15, 0.2) is 71.7 Å². The number of hydrogen-bond acceptors (Lipinski definition) is 5. The quantitative estimate of drug-likeness (QED) is 0.321. The summed E-state index contributed by atoms with van der Waals surface area (Å²) in [6, 6.07) is 19.1. The number of carbonyl (C=O) groups excluding carboxylic acids is 1. The van der Waals surface area contributed by atoms with Gasteiger partial charge in [-0.05, 0) is 38.0 Å². The van der Waals surface area contributed by atoms with Crippen LogP contribution in [-0.2, 0) is 16.1 Å². The topological polar surface area (TPSA) is 78.5 Å². The lowest BCUT2D eigenvalue weighted by Crippen LogP contribution is -2.22. The van der Waals surface area contributed by atoms with Gasteiger partial charge < -0.3 is 4.74 Å². The smallest absolute Gasteiger partial charge is 0.305 e. The number of aryl methyl sites for hydroxylation is 1. The summed E-state index contributed by atoms with van der Waals surface area (Å²) in [5, 5.41) is 9.40. The van der Waals surface area contributed by atoms with E-state index < -0.39 is 0 Å². The van der Waals surface area contributed by atoms with Gasteiger partial charge in [0, 0.05) is 30.8 Å². The third-order valence-corrected chi connectivity index (χ3v) is 5.02. The molecule has 7 heteroatoms. The van der Waals surface area contributed by atoms with Gasteiger partial charge in [0.1, 0.15) is 5.69 Å². The number of hydrogen-bond donors (Lipinski definition) is 0. The summed E-state index contributed by atoms with van der Waals surface area (Å²) in [7, 11) is 0. The second kappa shape index (κ2) is 9.38. The third-order valence-electron chi connectivity index (χ3n) is 5.02. The lowest BCUT2D eigenvalue weighted by Gasteiger charge is -2.08. The number of rotatable bonds is 8. The second-order valence-electron chi connectivity index (χ2n) is 7.16. The molecule has 3 aromatic heterocycles. The van der Waals surface area contributed by atoms with E-state index in [1.54, 1.807) is 13.0 Å². The van der Waals surface area contributed by atoms with Gasteiger partial charge in [-0.3, -0.25) is 9.59 Å². The Morgan fingerprint density at radius 1 is 0.968 bits per heavy atom. The van der Waals surface area contributed by atoms with Gasteiger partial charge in [0.15, 0.2) is 0 Å². The van der Waals surface area contributed by atoms with Crippen molar-refractivity contribution in [2.75, 3.05) is 6.61 Å². The minimum Gasteiger partial charge on any atom is -0.466 e. The number of aromatic nitrogens is 4. The molecule has 0 amide bonds. The lowest BCUT2D eigenvalue weighted by atomic mass is 10.0. The van der Waals surface area contributed by atoms with E-state index in [2.05, 4.69) is 5.10 Å². The minimum absolute atomic E-state index is 0.169. The summed E-state index contributed by atoms with van der Waals surface area (Å²) < 4.78 is 8.24. The van der Waals surface area contributed by atoms with E-state index in [1.807, 2.05) is 59.2 Å². The van der Waals surface area contributed by atoms with Gasteiger partial charge in [-0.25, -0.2) is 9.20 Å². The van der Waals surface area contributed by atoms with Crippen molar-refractivity contribution in [1.29, 1.82) is 0 Å². The van der Waals surface area contributed by atoms with E-state index in [0.717, 1.165) is 22.3 Å². The van der Waals surface area contributed by atoms with E-state index in [4.69, 9.17) is 9.84 Å². The van der Waals surface area contributed by atoms with Gasteiger partial charge in [0.2, 0.25) is 0 Å². The molecule has 0 unspecified atom stereocenters. The summed E-state index contributed by atoms with van der Waals surface area (Å²) >= 11 is 0. The highest BCUT2D eigenvalue weighted by Gasteiger charge is 2.18. The molecule has 31 heavy (non-hydrogen) atoms. The molecule has 0 N–H and O–H groups in total. The molecule has 0 aliphatic heterocycles. The zero-order chi connectivity index (χ0) is 21.6. The Labute approximate surface area is 179 Å². The number of fused-ring (bicyclic) bond motifs is 1. The van der Waals surface area contributed by atoms with Crippen LogP contribution < -0.4 is 5.56 Å². The average Bonchev–Trinajstić information content (AvgIpc) is 3.18. The normalized spacial score (nSPS) is 11.0. The monoisotopic (exact) mass is 416 g/mol. The molecule has 0 saturated carbocycles. The van der Waals surface area contributed by atoms with Crippen LogP contribution >= 0.6 is 0 Å². The SMILES string of the molecule is CCOC(=O)CCCCn1nc(-c2c(-c3ccccc3)nn3ccccc23)ccc1=O. The van der Waals surface area contributed by atoms with Crippen molar-refractivity contribution in [2.45, 2.75) is 32.7 Å². The Morgan fingerprint density at radius 3 is 2.58 bits per heavy atom. The Kier molecular flexibility index (Phi) is 6.21. The molecule has 7 nitrogen and oxygen atoms in total. The van der Waals surface area contributed by atoms with E-state index in [0.29, 0.717) is 38.1 Å². The van der Waals surface area contributed by atoms with Gasteiger partial charge in [-0.1, -0.05) is 36.4 Å². The largest absolute Gasteiger partial charge is 0.466 e. The van der Waals surface area contributed by atoms with Crippen molar-refractivity contribution in [3.63, 3.8) is 0 Å². The highest BCUT2D eigenvalue weighted by atomic mass is 16.5. The molecule has 0 atom stereocenters. The highest BCUT2D eigenvalue weighted by molar-refractivity contribution is 5.90. The van der Waals surface area contributed by atoms with Crippen LogP contribution in [0.1, 0.15) is 26.2 Å². The summed E-state index contributed by atoms with van der Waals surface area (Å²) in [6.07, 6.45) is 3.55. The van der Waals surface area contributed by atoms with Crippen molar-refractivity contribution in [3.8, 4) is 22.5 Å². The number of unbranched alkanes of at least 4 members (excludes halogenated alkanes) is 1. The molecule has 3 heterocycles. The fourth-order valence-corrected chi connectivity index (χ4v) is 3.56. The van der Waals surface area contributed by atoms with Gasteiger partial charge in [0.05, 0.1) is 23.4 Å². The first-order chi connectivity index (χ1) is 15.2. The molecular formula is C24H24N4O3. The lowest BCUT2D eigenvalue weighted by molar-refractivity contribution is -0.143. The predicted molar refractivity (Wildman–Crippen MR) is 119 cm³/mol. The summed E-state index contributed by atoms with van der Waals surface area (Å²) in [6.45, 7) is 2.61. The first-order valence-corrected chi connectivity index (χ1v) is 10.4. The number of pyridine rings is 1. The maximum atomic E-state index is 12.4. The maximum Gasteiger partial charge on any atom is 0.305 e. The molecule has 4 rings (SSSR count). The highest BCUT2D eigenvalue weighted by Crippen LogP contribution is 2.33. The Balaban J connectivity index is 1.66. The van der Waals surface area contributed by atoms with Crippen LogP contribution in [-0.4, -0.2) is 32.0 Å². The van der Waals surface area contributed by atoms with E-state index in [9.17, 15) is 9.59 Å². The van der Waals surface area contributed by atoms with E-state index in [-0.39, 0.29) is 11.5 Å². The summed E-state index contributed by atoms with van der Waals surface area (Å²) in [4.78, 5) is 23.9. The third kappa shape index (κ3) is 4.55. The van der Waals surface area contributed by atoms with Crippen molar-refractivity contribution in [1.82, 2.24) is 19.4 Å². The molecule has 1 aromatic carbocycles. The van der Waals surface area contributed by atoms with Gasteiger partial charge in [-0.15, -0.1) is 0 Å². The Hall–Kier alpha value is -3.74. The van der Waals surface area contributed by atoms with Crippen LogP contribution in [0.3, 0.4) is 0 Å². The zero-order valence-electron chi connectivity index (χ0n) is 17.4. The fraction of sp³-hybridized carbons (Fsp3) is 0.250. The second-order valence-corrected chi connectivity index (χ2v) is 7.16. The van der Waals surface area contributed by atoms with Crippen molar-refractivity contribution in [2.24, 2.45) is 0 Å². The molecule has 0 aliphatic carbocycles. The van der Waals surface area contributed by atoms with Crippen molar-refractivity contribution in [3.05, 3.63) is 77.2 Å². The first kappa shape index (κ1) is 20.5. The standard InChI is InChI=1S/C24H24N4O3/c1-2-31-22(30)13-7-9-17-28-21(29)15-14-19(25-28)23-20-12-6-8-16-27(20)26-24(23)18-10-4-3-5-11-18/h3-6,8,10-12,14-16H,2,7,9,13,17H2,1H3. The summed E-state index contributed by atoms with van der Waals surface area (Å²) in [5.41, 5.74) is 4.11. The predicted octanol–water partition coefficient (Wildman–Crippen LogP) is 3.96. The number of nitrogens with zero attached hydrogens (tertiary/aromatic N) is 4. The molecule has 0 radical (unpaired) electrons. The molecule has 0 fully saturated rings. The molecular weight excluding hydrogens is 392 g/mol. The average molecular weight is 416 g/mol. The van der Waals surface area contributed by atoms with Gasteiger partial charge in [0.25, 0.3) is 5.56 Å².